The summed E-state index contributed by atoms with van der Waals surface area (Å²) in [6, 6.07) is 6.48. The Morgan fingerprint density at radius 2 is 1.94 bits per heavy atom. The molecule has 0 spiro atoms. The smallest absolute Gasteiger partial charge is 0.222 e. The number of nitrogen functional groups attached to an aromatic ring is 1. The van der Waals surface area contributed by atoms with E-state index in [-0.39, 0.29) is 18.6 Å². The maximum atomic E-state index is 9.50. The largest absolute Gasteiger partial charge is 0.496 e. The van der Waals surface area contributed by atoms with E-state index < -0.39 is 0 Å². The molecule has 3 heterocycles. The fourth-order valence-electron chi connectivity index (χ4n) is 4.70. The van der Waals surface area contributed by atoms with E-state index in [2.05, 4.69) is 56.3 Å². The summed E-state index contributed by atoms with van der Waals surface area (Å²) in [5.41, 5.74) is 9.78. The summed E-state index contributed by atoms with van der Waals surface area (Å²) in [6.45, 7) is 8.00. The Labute approximate surface area is 207 Å². The van der Waals surface area contributed by atoms with Crippen molar-refractivity contribution in [1.29, 1.82) is 0 Å². The number of nitrogens with two attached hydrogens (primary N) is 1. The van der Waals surface area contributed by atoms with Gasteiger partial charge in [0, 0.05) is 50.9 Å². The number of anilines is 2. The maximum Gasteiger partial charge on any atom is 0.222 e. The molecule has 3 aromatic rings. The van der Waals surface area contributed by atoms with Crippen molar-refractivity contribution in [3.63, 3.8) is 0 Å². The van der Waals surface area contributed by atoms with Gasteiger partial charge in [0.2, 0.25) is 5.95 Å². The summed E-state index contributed by atoms with van der Waals surface area (Å²) in [6.07, 6.45) is 4.27. The number of nitrogens with zero attached hydrogens (tertiary/aromatic N) is 6. The predicted molar refractivity (Wildman–Crippen MR) is 139 cm³/mol. The molecule has 4 N–H and O–H groups in total. The number of benzene rings is 1. The van der Waals surface area contributed by atoms with Crippen molar-refractivity contribution >= 4 is 22.8 Å². The van der Waals surface area contributed by atoms with Crippen LogP contribution in [0, 0.1) is 0 Å². The number of aliphatic hydroxyl groups is 1. The van der Waals surface area contributed by atoms with Crippen molar-refractivity contribution in [2.75, 3.05) is 58.0 Å². The van der Waals surface area contributed by atoms with Crippen molar-refractivity contribution in [2.45, 2.75) is 45.3 Å². The number of aromatic nitrogens is 4. The van der Waals surface area contributed by atoms with Crippen molar-refractivity contribution in [1.82, 2.24) is 29.5 Å². The molecule has 0 bridgehead atoms. The van der Waals surface area contributed by atoms with Gasteiger partial charge in [-0.15, -0.1) is 0 Å². The summed E-state index contributed by atoms with van der Waals surface area (Å²) >= 11 is 0. The second-order valence-corrected chi connectivity index (χ2v) is 9.33. The zero-order chi connectivity index (χ0) is 24.8. The molecule has 0 amide bonds. The molecule has 1 aliphatic heterocycles. The first-order chi connectivity index (χ1) is 17.0. The van der Waals surface area contributed by atoms with Gasteiger partial charge in [0.25, 0.3) is 0 Å². The van der Waals surface area contributed by atoms with E-state index in [1.54, 1.807) is 13.3 Å². The number of ether oxygens (including phenoxy) is 1. The van der Waals surface area contributed by atoms with E-state index in [0.717, 1.165) is 62.4 Å². The Kier molecular flexibility index (Phi) is 8.37. The quantitative estimate of drug-likeness (QED) is 0.378. The van der Waals surface area contributed by atoms with Gasteiger partial charge in [-0.2, -0.15) is 10.1 Å². The van der Waals surface area contributed by atoms with E-state index in [1.165, 1.54) is 5.56 Å². The monoisotopic (exact) mass is 482 g/mol. The fourth-order valence-corrected chi connectivity index (χ4v) is 4.70. The molecule has 1 unspecified atom stereocenters. The number of methoxy groups -OCH3 is 1. The highest BCUT2D eigenvalue weighted by Gasteiger charge is 2.19. The molecule has 4 rings (SSSR count). The Morgan fingerprint density at radius 1 is 1.14 bits per heavy atom. The van der Waals surface area contributed by atoms with Crippen molar-refractivity contribution in [3.8, 4) is 5.75 Å². The second-order valence-electron chi connectivity index (χ2n) is 9.33. The molecule has 10 heteroatoms. The minimum Gasteiger partial charge on any atom is -0.496 e. The van der Waals surface area contributed by atoms with Crippen LogP contribution in [-0.2, 0) is 13.1 Å². The average Bonchev–Trinajstić information content (AvgIpc) is 3.23. The number of aliphatic hydroxyl groups excluding tert-OH is 1. The van der Waals surface area contributed by atoms with Gasteiger partial charge in [0.1, 0.15) is 16.8 Å². The Morgan fingerprint density at radius 3 is 2.66 bits per heavy atom. The predicted octanol–water partition coefficient (Wildman–Crippen LogP) is 2.18. The highest BCUT2D eigenvalue weighted by Crippen LogP contribution is 2.27. The molecule has 0 aliphatic carbocycles. The zero-order valence-corrected chi connectivity index (χ0v) is 21.1. The van der Waals surface area contributed by atoms with Crippen LogP contribution in [0.2, 0.25) is 0 Å². The molecule has 1 aliphatic rings. The van der Waals surface area contributed by atoms with Gasteiger partial charge >= 0.3 is 0 Å². The van der Waals surface area contributed by atoms with Crippen LogP contribution < -0.4 is 15.8 Å². The lowest BCUT2D eigenvalue weighted by molar-refractivity contribution is 0.148. The maximum absolute atomic E-state index is 9.50. The van der Waals surface area contributed by atoms with Gasteiger partial charge in [0.05, 0.1) is 19.9 Å². The lowest BCUT2D eigenvalue weighted by Crippen LogP contribution is -2.43. The van der Waals surface area contributed by atoms with Crippen LogP contribution in [-0.4, -0.2) is 87.6 Å². The number of hydrogen-bond acceptors (Lipinski definition) is 9. The lowest BCUT2D eigenvalue weighted by atomic mass is 10.1. The van der Waals surface area contributed by atoms with Crippen molar-refractivity contribution in [2.24, 2.45) is 0 Å². The van der Waals surface area contributed by atoms with Crippen molar-refractivity contribution in [3.05, 3.63) is 35.5 Å². The van der Waals surface area contributed by atoms with E-state index in [9.17, 15) is 5.11 Å². The van der Waals surface area contributed by atoms with Crippen LogP contribution in [0.15, 0.2) is 24.4 Å². The first-order valence-corrected chi connectivity index (χ1v) is 12.4. The van der Waals surface area contributed by atoms with Gasteiger partial charge < -0.3 is 25.8 Å². The van der Waals surface area contributed by atoms with Crippen LogP contribution in [0.1, 0.15) is 37.3 Å². The average molecular weight is 483 g/mol. The van der Waals surface area contributed by atoms with Gasteiger partial charge in [-0.05, 0) is 37.6 Å². The summed E-state index contributed by atoms with van der Waals surface area (Å²) in [5.74, 6) is 1.67. The molecule has 0 radical (unpaired) electrons. The van der Waals surface area contributed by atoms with Crippen LogP contribution in [0.25, 0.3) is 11.0 Å². The zero-order valence-electron chi connectivity index (χ0n) is 21.1. The SMILES string of the molecule is CCCC(CCO)Nc1nc(N)nc2cnn(Cc3cc(CN4CCN(C)CC4)ccc3OC)c12. The molecule has 1 saturated heterocycles. The van der Waals surface area contributed by atoms with E-state index >= 15 is 0 Å². The number of likely N-dealkylation sites (N-methyl/N-ethyl adjacent to an activating group) is 1. The summed E-state index contributed by atoms with van der Waals surface area (Å²) < 4.78 is 7.59. The van der Waals surface area contributed by atoms with E-state index in [1.807, 2.05) is 10.7 Å². The molecule has 10 nitrogen and oxygen atoms in total. The summed E-state index contributed by atoms with van der Waals surface area (Å²) in [7, 11) is 3.87. The molecular weight excluding hydrogens is 444 g/mol. The topological polar surface area (TPSA) is 118 Å². The molecule has 0 saturated carbocycles. The molecule has 1 fully saturated rings. The minimum atomic E-state index is 0.0901. The van der Waals surface area contributed by atoms with Crippen LogP contribution in [0.5, 0.6) is 5.75 Å². The Balaban J connectivity index is 1.62. The first-order valence-electron chi connectivity index (χ1n) is 12.4. The van der Waals surface area contributed by atoms with Crippen LogP contribution in [0.3, 0.4) is 0 Å². The van der Waals surface area contributed by atoms with E-state index in [4.69, 9.17) is 10.5 Å². The first kappa shape index (κ1) is 25.2. The highest BCUT2D eigenvalue weighted by atomic mass is 16.5. The summed E-state index contributed by atoms with van der Waals surface area (Å²) in [5, 5.41) is 17.6. The number of fused-ring (bicyclic) bond motifs is 1. The Hall–Kier alpha value is -2.95. The second kappa shape index (κ2) is 11.7. The molecule has 190 valence electrons. The number of rotatable bonds is 11. The fraction of sp³-hybridized carbons (Fsp3) is 0.560. The standard InChI is InChI=1S/C25H38N8O2/c1-4-5-20(8-13-34)28-24-23-21(29-25(26)30-24)15-27-33(23)17-19-14-18(6-7-22(19)35-3)16-32-11-9-31(2)10-12-32/h6-7,14-15,20,34H,4-5,8-13,16-17H2,1-3H3,(H3,26,28,29,30). The minimum absolute atomic E-state index is 0.0901. The van der Waals surface area contributed by atoms with Crippen molar-refractivity contribution < 1.29 is 9.84 Å². The third-order valence-corrected chi connectivity index (χ3v) is 6.63. The molecule has 35 heavy (non-hydrogen) atoms. The van der Waals surface area contributed by atoms with E-state index in [0.29, 0.717) is 24.3 Å². The van der Waals surface area contributed by atoms with Gasteiger partial charge in [-0.1, -0.05) is 19.4 Å². The normalized spacial score (nSPS) is 16.0. The number of hydrogen-bond donors (Lipinski definition) is 3. The summed E-state index contributed by atoms with van der Waals surface area (Å²) in [4.78, 5) is 13.7. The molecular formula is C25H38N8O2. The Bertz CT molecular complexity index is 1100. The number of piperazine rings is 1. The molecule has 1 aromatic carbocycles. The van der Waals surface area contributed by atoms with Gasteiger partial charge in [0.15, 0.2) is 5.82 Å². The van der Waals surface area contributed by atoms with Gasteiger partial charge in [-0.3, -0.25) is 9.58 Å². The number of nitrogens with one attached hydrogen (secondary N) is 1. The molecule has 2 aromatic heterocycles. The lowest BCUT2D eigenvalue weighted by Gasteiger charge is -2.32. The van der Waals surface area contributed by atoms with Crippen LogP contribution in [0.4, 0.5) is 11.8 Å². The third kappa shape index (κ3) is 6.19. The molecule has 1 atom stereocenters. The third-order valence-electron chi connectivity index (χ3n) is 6.63. The van der Waals surface area contributed by atoms with Gasteiger partial charge in [-0.25, -0.2) is 4.98 Å². The highest BCUT2D eigenvalue weighted by molar-refractivity contribution is 5.86. The van der Waals surface area contributed by atoms with Crippen LogP contribution >= 0.6 is 0 Å².